The summed E-state index contributed by atoms with van der Waals surface area (Å²) in [6.45, 7) is 3.95. The quantitative estimate of drug-likeness (QED) is 0.918. The zero-order chi connectivity index (χ0) is 15.0. The zero-order valence-corrected chi connectivity index (χ0v) is 12.0. The van der Waals surface area contributed by atoms with E-state index in [9.17, 15) is 12.8 Å². The molecule has 1 aliphatic heterocycles. The van der Waals surface area contributed by atoms with Crippen molar-refractivity contribution in [1.29, 1.82) is 5.26 Å². The summed E-state index contributed by atoms with van der Waals surface area (Å²) < 4.78 is 46.2. The molecule has 20 heavy (non-hydrogen) atoms. The molecule has 108 valence electrons. The van der Waals surface area contributed by atoms with E-state index < -0.39 is 26.9 Å². The summed E-state index contributed by atoms with van der Waals surface area (Å²) >= 11 is 0. The number of nitrogens with zero attached hydrogens (tertiary/aromatic N) is 1. The first-order valence-corrected chi connectivity index (χ1v) is 7.63. The minimum Gasteiger partial charge on any atom is -0.376 e. The highest BCUT2D eigenvalue weighted by atomic mass is 32.2. The van der Waals surface area contributed by atoms with Gasteiger partial charge in [-0.1, -0.05) is 6.07 Å². The molecule has 2 unspecified atom stereocenters. The molecule has 0 saturated carbocycles. The van der Waals surface area contributed by atoms with Gasteiger partial charge < -0.3 is 4.74 Å². The molecule has 1 heterocycles. The first kappa shape index (κ1) is 14.9. The molecular weight excluding hydrogens is 283 g/mol. The van der Waals surface area contributed by atoms with E-state index in [-0.39, 0.29) is 11.0 Å². The molecule has 1 aromatic carbocycles. The van der Waals surface area contributed by atoms with E-state index in [0.29, 0.717) is 13.0 Å². The van der Waals surface area contributed by atoms with Gasteiger partial charge in [-0.15, -0.1) is 0 Å². The summed E-state index contributed by atoms with van der Waals surface area (Å²) in [5.41, 5.74) is -1.24. The Kier molecular flexibility index (Phi) is 3.82. The Morgan fingerprint density at radius 1 is 1.55 bits per heavy atom. The van der Waals surface area contributed by atoms with Crippen LogP contribution in [0, 0.1) is 17.1 Å². The maximum Gasteiger partial charge on any atom is 0.242 e. The van der Waals surface area contributed by atoms with E-state index in [4.69, 9.17) is 10.00 Å². The molecule has 0 amide bonds. The summed E-state index contributed by atoms with van der Waals surface area (Å²) in [6.07, 6.45) is 0.223. The van der Waals surface area contributed by atoms with Crippen molar-refractivity contribution in [2.75, 3.05) is 6.61 Å². The molecule has 0 bridgehead atoms. The highest BCUT2D eigenvalue weighted by Gasteiger charge is 2.41. The van der Waals surface area contributed by atoms with Crippen LogP contribution in [0.25, 0.3) is 0 Å². The van der Waals surface area contributed by atoms with Crippen LogP contribution in [0.15, 0.2) is 23.1 Å². The number of sulfonamides is 1. The molecule has 2 rings (SSSR count). The van der Waals surface area contributed by atoms with E-state index in [1.54, 1.807) is 19.9 Å². The first-order chi connectivity index (χ1) is 9.30. The molecule has 7 heteroatoms. The number of hydrogen-bond acceptors (Lipinski definition) is 4. The Bertz CT molecular complexity index is 669. The van der Waals surface area contributed by atoms with Crippen molar-refractivity contribution >= 4 is 10.0 Å². The molecule has 0 aliphatic carbocycles. The lowest BCUT2D eigenvalue weighted by Gasteiger charge is -2.28. The average Bonchev–Trinajstić information content (AvgIpc) is 2.68. The van der Waals surface area contributed by atoms with Crippen LogP contribution in [0.5, 0.6) is 0 Å². The molecule has 1 aromatic rings. The van der Waals surface area contributed by atoms with Crippen LogP contribution in [-0.2, 0) is 14.8 Å². The van der Waals surface area contributed by atoms with E-state index in [2.05, 4.69) is 4.72 Å². The largest absolute Gasteiger partial charge is 0.376 e. The van der Waals surface area contributed by atoms with Gasteiger partial charge in [0.15, 0.2) is 0 Å². The van der Waals surface area contributed by atoms with Gasteiger partial charge in [-0.2, -0.15) is 5.26 Å². The number of hydrogen-bond donors (Lipinski definition) is 1. The molecule has 1 N–H and O–H groups in total. The van der Waals surface area contributed by atoms with E-state index in [1.165, 1.54) is 12.1 Å². The van der Waals surface area contributed by atoms with E-state index in [0.717, 1.165) is 6.07 Å². The third-order valence-electron chi connectivity index (χ3n) is 3.63. The second kappa shape index (κ2) is 5.13. The van der Waals surface area contributed by atoms with Gasteiger partial charge in [-0.25, -0.2) is 17.5 Å². The van der Waals surface area contributed by atoms with Crippen LogP contribution in [0.2, 0.25) is 0 Å². The van der Waals surface area contributed by atoms with Crippen molar-refractivity contribution in [3.63, 3.8) is 0 Å². The predicted molar refractivity (Wildman–Crippen MR) is 69.9 cm³/mol. The van der Waals surface area contributed by atoms with Crippen molar-refractivity contribution < 1.29 is 17.5 Å². The summed E-state index contributed by atoms with van der Waals surface area (Å²) in [5.74, 6) is -0.851. The maximum absolute atomic E-state index is 13.5. The SMILES string of the molecule is CC1OCCC1(C)NS(=O)(=O)c1cccc(F)c1C#N. The monoisotopic (exact) mass is 298 g/mol. The lowest BCUT2D eigenvalue weighted by Crippen LogP contribution is -2.50. The molecule has 2 atom stereocenters. The standard InChI is InChI=1S/C13H15FN2O3S/c1-9-13(2,6-7-19-9)16-20(17,18)12-5-3-4-11(14)10(12)8-15/h3-5,9,16H,6-7H2,1-2H3. The molecule has 1 saturated heterocycles. The van der Waals surface area contributed by atoms with Gasteiger partial charge in [0.25, 0.3) is 0 Å². The molecule has 5 nitrogen and oxygen atoms in total. The number of nitrogens with one attached hydrogen (secondary N) is 1. The van der Waals surface area contributed by atoms with Crippen LogP contribution in [0.3, 0.4) is 0 Å². The summed E-state index contributed by atoms with van der Waals surface area (Å²) in [6, 6.07) is 5.13. The second-order valence-electron chi connectivity index (χ2n) is 5.01. The highest BCUT2D eigenvalue weighted by Crippen LogP contribution is 2.28. The van der Waals surface area contributed by atoms with Gasteiger partial charge in [0.05, 0.1) is 11.6 Å². The molecule has 0 spiro atoms. The topological polar surface area (TPSA) is 79.2 Å². The van der Waals surface area contributed by atoms with Gasteiger partial charge in [0, 0.05) is 6.61 Å². The van der Waals surface area contributed by atoms with Crippen molar-refractivity contribution in [2.24, 2.45) is 0 Å². The van der Waals surface area contributed by atoms with E-state index in [1.807, 2.05) is 0 Å². The number of nitriles is 1. The van der Waals surface area contributed by atoms with Gasteiger partial charge in [-0.3, -0.25) is 0 Å². The van der Waals surface area contributed by atoms with Crippen molar-refractivity contribution in [1.82, 2.24) is 4.72 Å². The Balaban J connectivity index is 2.42. The van der Waals surface area contributed by atoms with Gasteiger partial charge in [-0.05, 0) is 32.4 Å². The van der Waals surface area contributed by atoms with Crippen LogP contribution < -0.4 is 4.72 Å². The smallest absolute Gasteiger partial charge is 0.242 e. The molecular formula is C13H15FN2O3S. The molecule has 0 aromatic heterocycles. The van der Waals surface area contributed by atoms with Crippen molar-refractivity contribution in [2.45, 2.75) is 36.8 Å². The number of benzene rings is 1. The van der Waals surface area contributed by atoms with Crippen LogP contribution in [0.1, 0.15) is 25.8 Å². The number of halogens is 1. The van der Waals surface area contributed by atoms with Crippen molar-refractivity contribution in [3.8, 4) is 6.07 Å². The minimum atomic E-state index is -3.99. The third-order valence-corrected chi connectivity index (χ3v) is 5.28. The highest BCUT2D eigenvalue weighted by molar-refractivity contribution is 7.89. The second-order valence-corrected chi connectivity index (χ2v) is 6.66. The van der Waals surface area contributed by atoms with Crippen molar-refractivity contribution in [3.05, 3.63) is 29.6 Å². The average molecular weight is 298 g/mol. The number of ether oxygens (including phenoxy) is 1. The fourth-order valence-electron chi connectivity index (χ4n) is 2.17. The normalized spacial score (nSPS) is 26.4. The molecule has 0 radical (unpaired) electrons. The molecule has 1 aliphatic rings. The Morgan fingerprint density at radius 3 is 2.80 bits per heavy atom. The summed E-state index contributed by atoms with van der Waals surface area (Å²) in [7, 11) is -3.99. The van der Waals surface area contributed by atoms with Crippen LogP contribution in [0.4, 0.5) is 4.39 Å². The fraction of sp³-hybridized carbons (Fsp3) is 0.462. The molecule has 1 fully saturated rings. The van der Waals surface area contributed by atoms with Gasteiger partial charge >= 0.3 is 0 Å². The Hall–Kier alpha value is -1.49. The lowest BCUT2D eigenvalue weighted by molar-refractivity contribution is 0.0957. The predicted octanol–water partition coefficient (Wildman–Crippen LogP) is 1.54. The zero-order valence-electron chi connectivity index (χ0n) is 11.2. The maximum atomic E-state index is 13.5. The fourth-order valence-corrected chi connectivity index (χ4v) is 3.83. The van der Waals surface area contributed by atoms with E-state index >= 15 is 0 Å². The van der Waals surface area contributed by atoms with Crippen LogP contribution in [-0.4, -0.2) is 26.7 Å². The first-order valence-electron chi connectivity index (χ1n) is 6.14. The number of rotatable bonds is 3. The lowest BCUT2D eigenvalue weighted by atomic mass is 9.97. The minimum absolute atomic E-state index is 0.295. The third kappa shape index (κ3) is 2.54. The van der Waals surface area contributed by atoms with Crippen LogP contribution >= 0.6 is 0 Å². The summed E-state index contributed by atoms with van der Waals surface area (Å²) in [4.78, 5) is -0.347. The van der Waals surface area contributed by atoms with Gasteiger partial charge in [0.2, 0.25) is 10.0 Å². The Labute approximate surface area is 117 Å². The van der Waals surface area contributed by atoms with Gasteiger partial charge in [0.1, 0.15) is 22.3 Å². The Morgan fingerprint density at radius 2 is 2.25 bits per heavy atom. The summed E-state index contributed by atoms with van der Waals surface area (Å²) in [5, 5.41) is 8.93.